The number of amides is 1. The summed E-state index contributed by atoms with van der Waals surface area (Å²) in [5.74, 6) is 0.846. The van der Waals surface area contributed by atoms with Crippen LogP contribution in [0, 0.1) is 0 Å². The van der Waals surface area contributed by atoms with Gasteiger partial charge in [-0.3, -0.25) is 4.79 Å². The molecule has 3 N–H and O–H groups in total. The molecule has 0 aliphatic rings. The van der Waals surface area contributed by atoms with E-state index < -0.39 is 0 Å². The highest BCUT2D eigenvalue weighted by Gasteiger charge is 2.24. The summed E-state index contributed by atoms with van der Waals surface area (Å²) in [6.45, 7) is 8.34. The van der Waals surface area contributed by atoms with Crippen LogP contribution < -0.4 is 11.1 Å². The minimum absolute atomic E-state index is 0.0103. The monoisotopic (exact) mass is 288 g/mol. The molecule has 0 aliphatic carbocycles. The van der Waals surface area contributed by atoms with Crippen molar-refractivity contribution < 1.29 is 4.79 Å². The molecule has 0 fully saturated rings. The van der Waals surface area contributed by atoms with E-state index in [-0.39, 0.29) is 17.5 Å². The van der Waals surface area contributed by atoms with Gasteiger partial charge in [-0.2, -0.15) is 0 Å². The molecular weight excluding hydrogens is 264 g/mol. The Hall–Kier alpha value is -1.88. The lowest BCUT2D eigenvalue weighted by molar-refractivity contribution is -0.125. The largest absolute Gasteiger partial charge is 0.350 e. The van der Waals surface area contributed by atoms with E-state index in [2.05, 4.69) is 10.3 Å². The number of hydrogen-bond donors (Lipinski definition) is 2. The minimum atomic E-state index is -0.321. The van der Waals surface area contributed by atoms with Crippen molar-refractivity contribution in [1.29, 1.82) is 0 Å². The highest BCUT2D eigenvalue weighted by molar-refractivity contribution is 5.84. The van der Waals surface area contributed by atoms with Crippen molar-refractivity contribution in [2.75, 3.05) is 6.54 Å². The number of carbonyl (C=O) groups is 1. The van der Waals surface area contributed by atoms with E-state index in [4.69, 9.17) is 5.73 Å². The summed E-state index contributed by atoms with van der Waals surface area (Å²) in [6.07, 6.45) is 0.655. The summed E-state index contributed by atoms with van der Waals surface area (Å²) in [5, 5.41) is 3.02. The highest BCUT2D eigenvalue weighted by Crippen LogP contribution is 2.22. The first-order valence-corrected chi connectivity index (χ1v) is 7.31. The number of fused-ring (bicyclic) bond motifs is 1. The third-order valence-corrected chi connectivity index (χ3v) is 3.30. The Kier molecular flexibility index (Phi) is 4.32. The second kappa shape index (κ2) is 5.85. The Morgan fingerprint density at radius 3 is 2.67 bits per heavy atom. The molecule has 2 rings (SSSR count). The number of para-hydroxylation sites is 2. The second-order valence-electron chi connectivity index (χ2n) is 6.34. The molecule has 0 aliphatic heterocycles. The summed E-state index contributed by atoms with van der Waals surface area (Å²) in [7, 11) is 0. The van der Waals surface area contributed by atoms with Gasteiger partial charge in [-0.05, 0) is 46.4 Å². The molecule has 1 aromatic carbocycles. The molecule has 1 atom stereocenters. The molecule has 1 heterocycles. The van der Waals surface area contributed by atoms with Crippen molar-refractivity contribution >= 4 is 16.9 Å². The fraction of sp³-hybridized carbons (Fsp3) is 0.500. The normalized spacial score (nSPS) is 13.4. The lowest BCUT2D eigenvalue weighted by Crippen LogP contribution is -2.44. The average molecular weight is 288 g/mol. The van der Waals surface area contributed by atoms with Gasteiger partial charge in [-0.15, -0.1) is 0 Å². The Balaban J connectivity index is 2.43. The predicted octanol–water partition coefficient (Wildman–Crippen LogP) is 2.01. The number of rotatable bonds is 4. The number of nitrogens with one attached hydrogen (secondary N) is 1. The molecule has 2 aromatic rings. The van der Waals surface area contributed by atoms with Crippen LogP contribution in [0.3, 0.4) is 0 Å². The van der Waals surface area contributed by atoms with Crippen LogP contribution in [0.25, 0.3) is 11.0 Å². The van der Waals surface area contributed by atoms with Crippen LogP contribution >= 0.6 is 0 Å². The number of nitrogens with two attached hydrogens (primary N) is 1. The Morgan fingerprint density at radius 2 is 2.05 bits per heavy atom. The Labute approximate surface area is 125 Å². The van der Waals surface area contributed by atoms with Crippen molar-refractivity contribution in [3.05, 3.63) is 30.1 Å². The first-order valence-electron chi connectivity index (χ1n) is 7.31. The molecule has 114 valence electrons. The highest BCUT2D eigenvalue weighted by atomic mass is 16.2. The van der Waals surface area contributed by atoms with E-state index in [9.17, 15) is 4.79 Å². The van der Waals surface area contributed by atoms with E-state index >= 15 is 0 Å². The number of hydrogen-bond acceptors (Lipinski definition) is 3. The van der Waals surface area contributed by atoms with Crippen LogP contribution in [0.5, 0.6) is 0 Å². The van der Waals surface area contributed by atoms with Crippen molar-refractivity contribution in [1.82, 2.24) is 14.9 Å². The maximum Gasteiger partial charge on any atom is 0.243 e. The number of benzene rings is 1. The van der Waals surface area contributed by atoms with E-state index in [1.165, 1.54) is 0 Å². The van der Waals surface area contributed by atoms with E-state index in [1.54, 1.807) is 0 Å². The topological polar surface area (TPSA) is 72.9 Å². The number of imidazole rings is 1. The van der Waals surface area contributed by atoms with Crippen LogP contribution in [0.2, 0.25) is 0 Å². The molecule has 5 nitrogen and oxygen atoms in total. The molecule has 1 amide bonds. The molecule has 0 spiro atoms. The van der Waals surface area contributed by atoms with Gasteiger partial charge < -0.3 is 15.6 Å². The zero-order valence-electron chi connectivity index (χ0n) is 13.2. The SMILES string of the molecule is CC(C(=O)NC(C)(C)C)n1c(CCN)nc2ccccc21. The molecular formula is C16H24N4O. The summed E-state index contributed by atoms with van der Waals surface area (Å²) in [4.78, 5) is 17.1. The van der Waals surface area contributed by atoms with Crippen molar-refractivity contribution in [2.45, 2.75) is 45.7 Å². The molecule has 1 aromatic heterocycles. The summed E-state index contributed by atoms with van der Waals surface area (Å²) in [6, 6.07) is 7.54. The van der Waals surface area contributed by atoms with Crippen LogP contribution in [-0.4, -0.2) is 27.5 Å². The maximum atomic E-state index is 12.5. The third kappa shape index (κ3) is 3.42. The van der Waals surface area contributed by atoms with Gasteiger partial charge in [0.05, 0.1) is 11.0 Å². The summed E-state index contributed by atoms with van der Waals surface area (Å²) < 4.78 is 1.99. The van der Waals surface area contributed by atoms with Gasteiger partial charge in [0.2, 0.25) is 5.91 Å². The average Bonchev–Trinajstić information content (AvgIpc) is 2.74. The van der Waals surface area contributed by atoms with Crippen LogP contribution in [0.4, 0.5) is 0 Å². The minimum Gasteiger partial charge on any atom is -0.350 e. The lowest BCUT2D eigenvalue weighted by Gasteiger charge is -2.25. The standard InChI is InChI=1S/C16H24N4O/c1-11(15(21)19-16(2,3)4)20-13-8-6-5-7-12(13)18-14(20)9-10-17/h5-8,11H,9-10,17H2,1-4H3,(H,19,21). The molecule has 5 heteroatoms. The maximum absolute atomic E-state index is 12.5. The first-order chi connectivity index (χ1) is 9.83. The number of carbonyl (C=O) groups excluding carboxylic acids is 1. The smallest absolute Gasteiger partial charge is 0.243 e. The van der Waals surface area contributed by atoms with E-state index in [1.807, 2.05) is 56.5 Å². The molecule has 0 radical (unpaired) electrons. The number of aromatic nitrogens is 2. The van der Waals surface area contributed by atoms with Gasteiger partial charge in [0.1, 0.15) is 11.9 Å². The van der Waals surface area contributed by atoms with Gasteiger partial charge >= 0.3 is 0 Å². The fourth-order valence-electron chi connectivity index (χ4n) is 2.42. The summed E-state index contributed by atoms with van der Waals surface area (Å²) in [5.41, 5.74) is 7.29. The van der Waals surface area contributed by atoms with Crippen molar-refractivity contribution in [2.24, 2.45) is 5.73 Å². The fourth-order valence-corrected chi connectivity index (χ4v) is 2.42. The van der Waals surface area contributed by atoms with Gasteiger partial charge in [-0.25, -0.2) is 4.98 Å². The molecule has 21 heavy (non-hydrogen) atoms. The second-order valence-corrected chi connectivity index (χ2v) is 6.34. The van der Waals surface area contributed by atoms with E-state index in [0.717, 1.165) is 16.9 Å². The zero-order valence-corrected chi connectivity index (χ0v) is 13.2. The van der Waals surface area contributed by atoms with E-state index in [0.29, 0.717) is 13.0 Å². The Morgan fingerprint density at radius 1 is 1.38 bits per heavy atom. The van der Waals surface area contributed by atoms with Gasteiger partial charge in [0, 0.05) is 12.0 Å². The number of nitrogens with zero attached hydrogens (tertiary/aromatic N) is 2. The van der Waals surface area contributed by atoms with Crippen LogP contribution in [0.15, 0.2) is 24.3 Å². The van der Waals surface area contributed by atoms with Crippen LogP contribution in [0.1, 0.15) is 39.6 Å². The van der Waals surface area contributed by atoms with Crippen LogP contribution in [-0.2, 0) is 11.2 Å². The lowest BCUT2D eigenvalue weighted by atomic mass is 10.1. The molecule has 0 saturated heterocycles. The van der Waals surface area contributed by atoms with Gasteiger partial charge in [-0.1, -0.05) is 12.1 Å². The first kappa shape index (κ1) is 15.5. The molecule has 1 unspecified atom stereocenters. The van der Waals surface area contributed by atoms with Crippen molar-refractivity contribution in [3.8, 4) is 0 Å². The molecule has 0 saturated carbocycles. The van der Waals surface area contributed by atoms with Gasteiger partial charge in [0.15, 0.2) is 0 Å². The molecule has 0 bridgehead atoms. The predicted molar refractivity (Wildman–Crippen MR) is 85.1 cm³/mol. The van der Waals surface area contributed by atoms with Gasteiger partial charge in [0.25, 0.3) is 0 Å². The third-order valence-electron chi connectivity index (χ3n) is 3.30. The quantitative estimate of drug-likeness (QED) is 0.904. The Bertz CT molecular complexity index is 639. The van der Waals surface area contributed by atoms with Crippen molar-refractivity contribution in [3.63, 3.8) is 0 Å². The zero-order chi connectivity index (χ0) is 15.6. The summed E-state index contributed by atoms with van der Waals surface area (Å²) >= 11 is 0.